The van der Waals surface area contributed by atoms with Crippen molar-refractivity contribution >= 4 is 75.9 Å². The lowest BCUT2D eigenvalue weighted by Crippen LogP contribution is -1.75. The third kappa shape index (κ3) is 1.47. The Labute approximate surface area is 105 Å². The Morgan fingerprint density at radius 2 is 2.00 bits per heavy atom. The first kappa shape index (κ1) is 9.43. The maximum atomic E-state index is 3.53. The molecule has 0 radical (unpaired) electrons. The van der Waals surface area contributed by atoms with E-state index in [1.807, 2.05) is 0 Å². The molecular weight excluding hydrogens is 415 g/mol. The van der Waals surface area contributed by atoms with Crippen molar-refractivity contribution in [1.29, 1.82) is 0 Å². The van der Waals surface area contributed by atoms with Crippen molar-refractivity contribution in [2.45, 2.75) is 0 Å². The van der Waals surface area contributed by atoms with Crippen LogP contribution in [0.3, 0.4) is 0 Å². The molecule has 0 spiro atoms. The first-order valence-electron chi connectivity index (χ1n) is 3.21. The van der Waals surface area contributed by atoms with E-state index in [4.69, 9.17) is 0 Å². The number of hydrogen-bond donors (Lipinski definition) is 0. The number of benzene rings is 1. The van der Waals surface area contributed by atoms with Crippen LogP contribution in [0.25, 0.3) is 10.1 Å². The second-order valence-corrected chi connectivity index (χ2v) is 6.02. The summed E-state index contributed by atoms with van der Waals surface area (Å²) in [6.45, 7) is 0. The highest BCUT2D eigenvalue weighted by Gasteiger charge is 2.07. The summed E-state index contributed by atoms with van der Waals surface area (Å²) in [6, 6.07) is 4.23. The van der Waals surface area contributed by atoms with E-state index in [9.17, 15) is 0 Å². The summed E-state index contributed by atoms with van der Waals surface area (Å²) in [5.41, 5.74) is 0. The van der Waals surface area contributed by atoms with E-state index in [1.54, 1.807) is 11.3 Å². The summed E-state index contributed by atoms with van der Waals surface area (Å²) < 4.78 is 4.95. The Kier molecular flexibility index (Phi) is 2.79. The average molecular weight is 418 g/mol. The molecule has 0 aliphatic carbocycles. The van der Waals surface area contributed by atoms with Crippen LogP contribution in [0.2, 0.25) is 0 Å². The van der Waals surface area contributed by atoms with Crippen molar-refractivity contribution in [3.8, 4) is 0 Å². The molecule has 0 saturated carbocycles. The molecule has 0 atom stereocenters. The van der Waals surface area contributed by atoms with E-state index in [0.717, 1.165) is 8.95 Å². The summed E-state index contributed by atoms with van der Waals surface area (Å²) >= 11 is 11.2. The van der Waals surface area contributed by atoms with E-state index in [2.05, 4.69) is 72.0 Å². The minimum atomic E-state index is 1.16. The zero-order valence-electron chi connectivity index (χ0n) is 5.77. The second-order valence-electron chi connectivity index (χ2n) is 2.32. The predicted molar refractivity (Wildman–Crippen MR) is 69.9 cm³/mol. The standard InChI is InChI=1S/C8H3Br2IS/c9-5-3-6(10)7(11)8-4(5)1-2-12-8/h1-3H. The van der Waals surface area contributed by atoms with Crippen LogP contribution in [-0.2, 0) is 0 Å². The van der Waals surface area contributed by atoms with Crippen LogP contribution >= 0.6 is 65.8 Å². The van der Waals surface area contributed by atoms with Crippen LogP contribution < -0.4 is 0 Å². The zero-order chi connectivity index (χ0) is 8.72. The van der Waals surface area contributed by atoms with Gasteiger partial charge in [-0.2, -0.15) is 0 Å². The molecule has 62 valence electrons. The fourth-order valence-electron chi connectivity index (χ4n) is 1.03. The SMILES string of the molecule is Brc1cc(Br)c2ccsc2c1I. The van der Waals surface area contributed by atoms with Gasteiger partial charge in [-0.15, -0.1) is 11.3 Å². The molecule has 1 heterocycles. The van der Waals surface area contributed by atoms with Gasteiger partial charge in [0.1, 0.15) is 0 Å². The van der Waals surface area contributed by atoms with Crippen molar-refractivity contribution < 1.29 is 0 Å². The van der Waals surface area contributed by atoms with E-state index in [0.29, 0.717) is 0 Å². The van der Waals surface area contributed by atoms with Crippen molar-refractivity contribution in [2.75, 3.05) is 0 Å². The minimum Gasteiger partial charge on any atom is -0.143 e. The lowest BCUT2D eigenvalue weighted by Gasteiger charge is -1.99. The third-order valence-corrected chi connectivity index (χ3v) is 6.03. The number of fused-ring (bicyclic) bond motifs is 1. The summed E-state index contributed by atoms with van der Waals surface area (Å²) in [4.78, 5) is 0. The van der Waals surface area contributed by atoms with Crippen LogP contribution in [0.1, 0.15) is 0 Å². The molecule has 2 aromatic rings. The van der Waals surface area contributed by atoms with E-state index >= 15 is 0 Å². The lowest BCUT2D eigenvalue weighted by molar-refractivity contribution is 1.66. The van der Waals surface area contributed by atoms with E-state index in [-0.39, 0.29) is 0 Å². The summed E-state index contributed by atoms with van der Waals surface area (Å²) in [5, 5.41) is 3.41. The molecular formula is C8H3Br2IS. The van der Waals surface area contributed by atoms with Crippen LogP contribution in [0.5, 0.6) is 0 Å². The quantitative estimate of drug-likeness (QED) is 0.416. The van der Waals surface area contributed by atoms with Gasteiger partial charge in [0.2, 0.25) is 0 Å². The Morgan fingerprint density at radius 1 is 1.25 bits per heavy atom. The van der Waals surface area contributed by atoms with Crippen LogP contribution in [0.4, 0.5) is 0 Å². The third-order valence-electron chi connectivity index (χ3n) is 1.59. The molecule has 0 nitrogen and oxygen atoms in total. The van der Waals surface area contributed by atoms with Gasteiger partial charge >= 0.3 is 0 Å². The second kappa shape index (κ2) is 3.55. The molecule has 0 aliphatic rings. The number of rotatable bonds is 0. The molecule has 0 fully saturated rings. The van der Waals surface area contributed by atoms with Gasteiger partial charge in [-0.1, -0.05) is 15.9 Å². The molecule has 0 amide bonds. The van der Waals surface area contributed by atoms with Gasteiger partial charge in [-0.25, -0.2) is 0 Å². The molecule has 0 N–H and O–H groups in total. The highest BCUT2D eigenvalue weighted by atomic mass is 127. The maximum absolute atomic E-state index is 3.53. The topological polar surface area (TPSA) is 0 Å². The van der Waals surface area contributed by atoms with Crippen LogP contribution in [0.15, 0.2) is 26.5 Å². The lowest BCUT2D eigenvalue weighted by atomic mass is 10.3. The van der Waals surface area contributed by atoms with Gasteiger partial charge in [-0.3, -0.25) is 0 Å². The van der Waals surface area contributed by atoms with Crippen molar-refractivity contribution in [2.24, 2.45) is 0 Å². The van der Waals surface area contributed by atoms with Gasteiger partial charge in [0.15, 0.2) is 0 Å². The molecule has 0 saturated heterocycles. The number of hydrogen-bond acceptors (Lipinski definition) is 1. The predicted octanol–water partition coefficient (Wildman–Crippen LogP) is 5.03. The van der Waals surface area contributed by atoms with E-state index < -0.39 is 0 Å². The normalized spacial score (nSPS) is 10.9. The highest BCUT2D eigenvalue weighted by Crippen LogP contribution is 2.36. The van der Waals surface area contributed by atoms with Crippen molar-refractivity contribution in [3.63, 3.8) is 0 Å². The van der Waals surface area contributed by atoms with Crippen LogP contribution in [0, 0.1) is 3.57 Å². The zero-order valence-corrected chi connectivity index (χ0v) is 11.9. The maximum Gasteiger partial charge on any atom is 0.0499 e. The minimum absolute atomic E-state index is 1.16. The first-order valence-corrected chi connectivity index (χ1v) is 6.75. The fraction of sp³-hybridized carbons (Fsp3) is 0. The highest BCUT2D eigenvalue weighted by molar-refractivity contribution is 14.1. The van der Waals surface area contributed by atoms with E-state index in [1.165, 1.54) is 13.7 Å². The summed E-state index contributed by atoms with van der Waals surface area (Å²) in [5.74, 6) is 0. The molecule has 1 aromatic heterocycles. The Bertz CT molecular complexity index is 436. The summed E-state index contributed by atoms with van der Waals surface area (Å²) in [7, 11) is 0. The fourth-order valence-corrected chi connectivity index (χ4v) is 4.27. The van der Waals surface area contributed by atoms with Gasteiger partial charge in [-0.05, 0) is 56.0 Å². The Morgan fingerprint density at radius 3 is 2.75 bits per heavy atom. The van der Waals surface area contributed by atoms with Gasteiger partial charge in [0, 0.05) is 22.6 Å². The molecule has 0 aliphatic heterocycles. The monoisotopic (exact) mass is 416 g/mol. The first-order chi connectivity index (χ1) is 5.70. The summed E-state index contributed by atoms with van der Waals surface area (Å²) in [6.07, 6.45) is 0. The molecule has 0 unspecified atom stereocenters. The van der Waals surface area contributed by atoms with Gasteiger partial charge in [0.25, 0.3) is 0 Å². The molecule has 12 heavy (non-hydrogen) atoms. The molecule has 0 bridgehead atoms. The van der Waals surface area contributed by atoms with Crippen molar-refractivity contribution in [1.82, 2.24) is 0 Å². The van der Waals surface area contributed by atoms with Crippen LogP contribution in [-0.4, -0.2) is 0 Å². The van der Waals surface area contributed by atoms with Gasteiger partial charge < -0.3 is 0 Å². The smallest absolute Gasteiger partial charge is 0.0499 e. The number of thiophene rings is 1. The number of halogens is 3. The molecule has 1 aromatic carbocycles. The molecule has 4 heteroatoms. The largest absolute Gasteiger partial charge is 0.143 e. The van der Waals surface area contributed by atoms with Crippen molar-refractivity contribution in [3.05, 3.63) is 30.0 Å². The average Bonchev–Trinajstić information content (AvgIpc) is 2.48. The Balaban J connectivity index is 2.97. The molecule has 2 rings (SSSR count). The Hall–Kier alpha value is 0.870. The van der Waals surface area contributed by atoms with Gasteiger partial charge in [0.05, 0.1) is 0 Å².